The van der Waals surface area contributed by atoms with Crippen LogP contribution in [0.25, 0.3) is 0 Å². The molecule has 2 bridgehead atoms. The van der Waals surface area contributed by atoms with E-state index in [0.29, 0.717) is 6.04 Å². The lowest BCUT2D eigenvalue weighted by atomic mass is 10.1. The minimum atomic E-state index is 0.181. The molecule has 0 spiro atoms. The maximum atomic E-state index is 12.6. The van der Waals surface area contributed by atoms with Crippen LogP contribution in [0.5, 0.6) is 0 Å². The van der Waals surface area contributed by atoms with Crippen molar-refractivity contribution in [3.63, 3.8) is 0 Å². The van der Waals surface area contributed by atoms with Crippen LogP contribution >= 0.6 is 0 Å². The Balaban J connectivity index is 1.87. The Labute approximate surface area is 114 Å². The molecule has 1 aliphatic heterocycles. The van der Waals surface area contributed by atoms with Gasteiger partial charge in [0, 0.05) is 30.9 Å². The smallest absolute Gasteiger partial charge is 0.254 e. The number of hydrogen-bond donors (Lipinski definition) is 1. The molecule has 1 saturated heterocycles. The standard InChI is InChI=1S/C15H21N3O/c1-3-12-7-11(8-14(16-2)17-12)15(19)18-9-10-4-5-13(18)6-10/h7-8,10,13H,3-6,9H2,1-2H3,(H,16,17). The third kappa shape index (κ3) is 2.20. The number of piperidine rings is 1. The first-order valence-electron chi connectivity index (χ1n) is 7.21. The van der Waals surface area contributed by atoms with Crippen molar-refractivity contribution in [3.05, 3.63) is 23.4 Å². The van der Waals surface area contributed by atoms with Crippen LogP contribution < -0.4 is 5.32 Å². The summed E-state index contributed by atoms with van der Waals surface area (Å²) >= 11 is 0. The van der Waals surface area contributed by atoms with Crippen molar-refractivity contribution in [2.45, 2.75) is 38.6 Å². The van der Waals surface area contributed by atoms with E-state index in [4.69, 9.17) is 0 Å². The quantitative estimate of drug-likeness (QED) is 0.906. The fraction of sp³-hybridized carbons (Fsp3) is 0.600. The largest absolute Gasteiger partial charge is 0.373 e. The first-order chi connectivity index (χ1) is 9.21. The van der Waals surface area contributed by atoms with Crippen LogP contribution in [0.4, 0.5) is 5.82 Å². The zero-order valence-corrected chi connectivity index (χ0v) is 11.6. The molecule has 2 atom stereocenters. The van der Waals surface area contributed by atoms with Crippen molar-refractivity contribution in [2.75, 3.05) is 18.9 Å². The molecule has 4 nitrogen and oxygen atoms in total. The highest BCUT2D eigenvalue weighted by atomic mass is 16.2. The molecule has 1 amide bonds. The molecule has 1 saturated carbocycles. The number of fused-ring (bicyclic) bond motifs is 2. The van der Waals surface area contributed by atoms with Crippen molar-refractivity contribution in [2.24, 2.45) is 5.92 Å². The summed E-state index contributed by atoms with van der Waals surface area (Å²) in [6, 6.07) is 4.29. The summed E-state index contributed by atoms with van der Waals surface area (Å²) in [7, 11) is 1.84. The summed E-state index contributed by atoms with van der Waals surface area (Å²) in [5.74, 6) is 1.71. The summed E-state index contributed by atoms with van der Waals surface area (Å²) < 4.78 is 0. The second-order valence-electron chi connectivity index (χ2n) is 5.63. The average molecular weight is 259 g/mol. The predicted molar refractivity (Wildman–Crippen MR) is 75.3 cm³/mol. The van der Waals surface area contributed by atoms with Crippen LogP contribution in [-0.4, -0.2) is 35.4 Å². The summed E-state index contributed by atoms with van der Waals surface area (Å²) in [6.07, 6.45) is 4.53. The summed E-state index contributed by atoms with van der Waals surface area (Å²) in [5, 5.41) is 3.04. The highest BCUT2D eigenvalue weighted by Gasteiger charge is 2.40. The number of hydrogen-bond acceptors (Lipinski definition) is 3. The number of pyridine rings is 1. The third-order valence-corrected chi connectivity index (χ3v) is 4.41. The zero-order valence-electron chi connectivity index (χ0n) is 11.6. The van der Waals surface area contributed by atoms with Crippen LogP contribution in [0.3, 0.4) is 0 Å². The minimum Gasteiger partial charge on any atom is -0.373 e. The first-order valence-corrected chi connectivity index (χ1v) is 7.21. The van der Waals surface area contributed by atoms with Gasteiger partial charge in [-0.1, -0.05) is 6.92 Å². The van der Waals surface area contributed by atoms with Gasteiger partial charge < -0.3 is 10.2 Å². The Morgan fingerprint density at radius 2 is 2.32 bits per heavy atom. The number of nitrogens with zero attached hydrogens (tertiary/aromatic N) is 2. The average Bonchev–Trinajstić information content (AvgIpc) is 3.08. The second kappa shape index (κ2) is 4.83. The van der Waals surface area contributed by atoms with E-state index in [1.165, 1.54) is 19.3 Å². The normalized spacial score (nSPS) is 24.8. The van der Waals surface area contributed by atoms with E-state index in [1.807, 2.05) is 19.2 Å². The van der Waals surface area contributed by atoms with E-state index >= 15 is 0 Å². The molecule has 2 aliphatic rings. The maximum Gasteiger partial charge on any atom is 0.254 e. The molecule has 0 aromatic carbocycles. The first kappa shape index (κ1) is 12.5. The van der Waals surface area contributed by atoms with Gasteiger partial charge in [-0.3, -0.25) is 4.79 Å². The van der Waals surface area contributed by atoms with Gasteiger partial charge in [0.15, 0.2) is 0 Å². The van der Waals surface area contributed by atoms with Crippen LogP contribution in [-0.2, 0) is 6.42 Å². The van der Waals surface area contributed by atoms with Crippen molar-refractivity contribution >= 4 is 11.7 Å². The molecule has 1 aromatic rings. The van der Waals surface area contributed by atoms with Gasteiger partial charge in [-0.2, -0.15) is 0 Å². The van der Waals surface area contributed by atoms with Crippen LogP contribution in [0.15, 0.2) is 12.1 Å². The number of rotatable bonds is 3. The Morgan fingerprint density at radius 3 is 2.89 bits per heavy atom. The van der Waals surface area contributed by atoms with Crippen molar-refractivity contribution < 1.29 is 4.79 Å². The molecule has 2 fully saturated rings. The number of nitrogens with one attached hydrogen (secondary N) is 1. The molecular weight excluding hydrogens is 238 g/mol. The Hall–Kier alpha value is -1.58. The fourth-order valence-corrected chi connectivity index (χ4v) is 3.36. The van der Waals surface area contributed by atoms with E-state index in [1.54, 1.807) is 0 Å². The number of carbonyl (C=O) groups excluding carboxylic acids is 1. The number of likely N-dealkylation sites (tertiary alicyclic amines) is 1. The van der Waals surface area contributed by atoms with Crippen LogP contribution in [0.2, 0.25) is 0 Å². The summed E-state index contributed by atoms with van der Waals surface area (Å²) in [4.78, 5) is 19.2. The minimum absolute atomic E-state index is 0.181. The zero-order chi connectivity index (χ0) is 13.4. The van der Waals surface area contributed by atoms with Gasteiger partial charge in [0.2, 0.25) is 0 Å². The van der Waals surface area contributed by atoms with E-state index in [2.05, 4.69) is 22.1 Å². The Bertz CT molecular complexity index is 478. The van der Waals surface area contributed by atoms with Gasteiger partial charge in [0.25, 0.3) is 5.91 Å². The fourth-order valence-electron chi connectivity index (χ4n) is 3.36. The van der Waals surface area contributed by atoms with E-state index in [9.17, 15) is 4.79 Å². The number of anilines is 1. The lowest BCUT2D eigenvalue weighted by molar-refractivity contribution is 0.0703. The molecule has 3 rings (SSSR count). The molecule has 1 N–H and O–H groups in total. The highest BCUT2D eigenvalue weighted by Crippen LogP contribution is 2.38. The van der Waals surface area contributed by atoms with Gasteiger partial charge in [0.1, 0.15) is 5.82 Å². The predicted octanol–water partition coefficient (Wildman–Crippen LogP) is 2.31. The molecule has 4 heteroatoms. The summed E-state index contributed by atoms with van der Waals surface area (Å²) in [5.41, 5.74) is 1.75. The molecule has 1 aromatic heterocycles. The maximum absolute atomic E-state index is 12.6. The SMILES string of the molecule is CCc1cc(C(=O)N2CC3CCC2C3)cc(NC)n1. The van der Waals surface area contributed by atoms with Crippen LogP contribution in [0, 0.1) is 5.92 Å². The Kier molecular flexibility index (Phi) is 3.17. The summed E-state index contributed by atoms with van der Waals surface area (Å²) in [6.45, 7) is 3.01. The van der Waals surface area contributed by atoms with Gasteiger partial charge >= 0.3 is 0 Å². The van der Waals surface area contributed by atoms with Gasteiger partial charge in [0.05, 0.1) is 0 Å². The number of amides is 1. The lowest BCUT2D eigenvalue weighted by Crippen LogP contribution is -2.37. The van der Waals surface area contributed by atoms with Gasteiger partial charge in [-0.25, -0.2) is 4.98 Å². The third-order valence-electron chi connectivity index (χ3n) is 4.41. The molecular formula is C15H21N3O. The second-order valence-corrected chi connectivity index (χ2v) is 5.63. The molecule has 102 valence electrons. The van der Waals surface area contributed by atoms with E-state index in [-0.39, 0.29) is 5.91 Å². The number of carbonyl (C=O) groups is 1. The van der Waals surface area contributed by atoms with Gasteiger partial charge in [-0.15, -0.1) is 0 Å². The van der Waals surface area contributed by atoms with E-state index in [0.717, 1.165) is 36.0 Å². The van der Waals surface area contributed by atoms with Crippen LogP contribution in [0.1, 0.15) is 42.2 Å². The van der Waals surface area contributed by atoms with Gasteiger partial charge in [-0.05, 0) is 43.7 Å². The molecule has 0 radical (unpaired) electrons. The lowest BCUT2D eigenvalue weighted by Gasteiger charge is -2.27. The number of aryl methyl sites for hydroxylation is 1. The number of aromatic nitrogens is 1. The molecule has 1 aliphatic carbocycles. The van der Waals surface area contributed by atoms with E-state index < -0.39 is 0 Å². The highest BCUT2D eigenvalue weighted by molar-refractivity contribution is 5.95. The molecule has 2 unspecified atom stereocenters. The van der Waals surface area contributed by atoms with Crippen molar-refractivity contribution in [1.82, 2.24) is 9.88 Å². The topological polar surface area (TPSA) is 45.2 Å². The van der Waals surface area contributed by atoms with Crippen molar-refractivity contribution in [3.8, 4) is 0 Å². The van der Waals surface area contributed by atoms with Crippen molar-refractivity contribution in [1.29, 1.82) is 0 Å². The Morgan fingerprint density at radius 1 is 1.47 bits per heavy atom. The monoisotopic (exact) mass is 259 g/mol. The molecule has 19 heavy (non-hydrogen) atoms. The molecule has 2 heterocycles.